The SMILES string of the molecule is COC(=O)c1ccc(NC(=O)CSc2ncc(-c3ccc(F)cc3)n2C)cc1. The molecular weight excluding hydrogens is 381 g/mol. The molecule has 28 heavy (non-hydrogen) atoms. The first-order valence-electron chi connectivity index (χ1n) is 8.36. The first-order valence-corrected chi connectivity index (χ1v) is 9.35. The number of benzene rings is 2. The maximum Gasteiger partial charge on any atom is 0.337 e. The Hall–Kier alpha value is -3.13. The molecule has 8 heteroatoms. The number of methoxy groups -OCH3 is 1. The van der Waals surface area contributed by atoms with Gasteiger partial charge >= 0.3 is 5.97 Å². The van der Waals surface area contributed by atoms with E-state index in [1.165, 1.54) is 31.0 Å². The quantitative estimate of drug-likeness (QED) is 0.505. The van der Waals surface area contributed by atoms with E-state index in [9.17, 15) is 14.0 Å². The Labute approximate surface area is 165 Å². The summed E-state index contributed by atoms with van der Waals surface area (Å²) in [7, 11) is 3.16. The van der Waals surface area contributed by atoms with Gasteiger partial charge in [-0.15, -0.1) is 0 Å². The molecule has 1 amide bonds. The van der Waals surface area contributed by atoms with Crippen molar-refractivity contribution in [2.45, 2.75) is 5.16 Å². The molecule has 3 aromatic rings. The Kier molecular flexibility index (Phi) is 6.10. The van der Waals surface area contributed by atoms with Gasteiger partial charge in [-0.1, -0.05) is 11.8 Å². The highest BCUT2D eigenvalue weighted by Crippen LogP contribution is 2.25. The number of nitrogens with one attached hydrogen (secondary N) is 1. The van der Waals surface area contributed by atoms with E-state index >= 15 is 0 Å². The number of ether oxygens (including phenoxy) is 1. The summed E-state index contributed by atoms with van der Waals surface area (Å²) in [6.45, 7) is 0. The van der Waals surface area contributed by atoms with Gasteiger partial charge in [-0.05, 0) is 54.1 Å². The lowest BCUT2D eigenvalue weighted by molar-refractivity contribution is -0.113. The van der Waals surface area contributed by atoms with Crippen molar-refractivity contribution < 1.29 is 18.7 Å². The van der Waals surface area contributed by atoms with Crippen LogP contribution in [0.2, 0.25) is 0 Å². The molecule has 0 radical (unpaired) electrons. The van der Waals surface area contributed by atoms with Crippen LogP contribution in [0, 0.1) is 5.82 Å². The van der Waals surface area contributed by atoms with Crippen molar-refractivity contribution in [1.82, 2.24) is 9.55 Å². The number of rotatable bonds is 6. The Morgan fingerprint density at radius 1 is 1.14 bits per heavy atom. The van der Waals surface area contributed by atoms with E-state index in [0.29, 0.717) is 16.4 Å². The predicted molar refractivity (Wildman–Crippen MR) is 106 cm³/mol. The second-order valence-electron chi connectivity index (χ2n) is 5.90. The van der Waals surface area contributed by atoms with E-state index in [-0.39, 0.29) is 17.5 Å². The van der Waals surface area contributed by atoms with Gasteiger partial charge in [0.15, 0.2) is 5.16 Å². The lowest BCUT2D eigenvalue weighted by Crippen LogP contribution is -2.14. The smallest absolute Gasteiger partial charge is 0.337 e. The molecule has 1 aromatic heterocycles. The number of aromatic nitrogens is 2. The fraction of sp³-hybridized carbons (Fsp3) is 0.150. The van der Waals surface area contributed by atoms with Crippen LogP contribution in [-0.4, -0.2) is 34.3 Å². The summed E-state index contributed by atoms with van der Waals surface area (Å²) >= 11 is 1.30. The molecule has 0 atom stereocenters. The summed E-state index contributed by atoms with van der Waals surface area (Å²) in [5, 5.41) is 3.45. The molecule has 0 aliphatic heterocycles. The summed E-state index contributed by atoms with van der Waals surface area (Å²) in [4.78, 5) is 27.9. The Morgan fingerprint density at radius 2 is 1.82 bits per heavy atom. The summed E-state index contributed by atoms with van der Waals surface area (Å²) in [6, 6.07) is 12.6. The van der Waals surface area contributed by atoms with Crippen molar-refractivity contribution in [3.63, 3.8) is 0 Å². The molecule has 0 aliphatic rings. The minimum atomic E-state index is -0.430. The van der Waals surface area contributed by atoms with Crippen LogP contribution >= 0.6 is 11.8 Å². The minimum absolute atomic E-state index is 0.173. The van der Waals surface area contributed by atoms with E-state index < -0.39 is 5.97 Å². The lowest BCUT2D eigenvalue weighted by atomic mass is 10.2. The number of hydrogen-bond acceptors (Lipinski definition) is 5. The topological polar surface area (TPSA) is 73.2 Å². The van der Waals surface area contributed by atoms with E-state index in [2.05, 4.69) is 15.0 Å². The number of hydrogen-bond donors (Lipinski definition) is 1. The van der Waals surface area contributed by atoms with Crippen molar-refractivity contribution >= 4 is 29.3 Å². The Morgan fingerprint density at radius 3 is 2.46 bits per heavy atom. The van der Waals surface area contributed by atoms with Crippen molar-refractivity contribution in [2.75, 3.05) is 18.2 Å². The largest absolute Gasteiger partial charge is 0.465 e. The van der Waals surface area contributed by atoms with Gasteiger partial charge < -0.3 is 14.6 Å². The molecular formula is C20H18FN3O3S. The van der Waals surface area contributed by atoms with Gasteiger partial charge in [0.1, 0.15) is 5.82 Å². The average Bonchev–Trinajstić information content (AvgIpc) is 3.07. The summed E-state index contributed by atoms with van der Waals surface area (Å²) in [5.41, 5.74) is 2.68. The zero-order valence-electron chi connectivity index (χ0n) is 15.3. The molecule has 2 aromatic carbocycles. The molecule has 144 valence electrons. The van der Waals surface area contributed by atoms with Crippen molar-refractivity contribution in [1.29, 1.82) is 0 Å². The average molecular weight is 399 g/mol. The van der Waals surface area contributed by atoms with Crippen molar-refractivity contribution in [3.05, 3.63) is 66.1 Å². The Bertz CT molecular complexity index is 985. The second-order valence-corrected chi connectivity index (χ2v) is 6.84. The van der Waals surface area contributed by atoms with E-state index in [1.807, 2.05) is 11.6 Å². The van der Waals surface area contributed by atoms with Gasteiger partial charge in [0.25, 0.3) is 0 Å². The van der Waals surface area contributed by atoms with Crippen LogP contribution < -0.4 is 5.32 Å². The number of thioether (sulfide) groups is 1. The van der Waals surface area contributed by atoms with Crippen LogP contribution in [-0.2, 0) is 16.6 Å². The van der Waals surface area contributed by atoms with E-state index in [1.54, 1.807) is 42.6 Å². The molecule has 1 N–H and O–H groups in total. The van der Waals surface area contributed by atoms with Gasteiger partial charge in [0.05, 0.1) is 30.3 Å². The number of anilines is 1. The molecule has 1 heterocycles. The standard InChI is InChI=1S/C20H18FN3O3S/c1-24-17(13-3-7-15(21)8-4-13)11-22-20(24)28-12-18(25)23-16-9-5-14(6-10-16)19(26)27-2/h3-11H,12H2,1-2H3,(H,23,25). The number of halogens is 1. The highest BCUT2D eigenvalue weighted by atomic mass is 32.2. The van der Waals surface area contributed by atoms with Crippen LogP contribution in [0.5, 0.6) is 0 Å². The van der Waals surface area contributed by atoms with Crippen molar-refractivity contribution in [3.8, 4) is 11.3 Å². The van der Waals surface area contributed by atoms with Gasteiger partial charge in [0.2, 0.25) is 5.91 Å². The first kappa shape index (κ1) is 19.6. The molecule has 3 rings (SSSR count). The number of esters is 1. The fourth-order valence-electron chi connectivity index (χ4n) is 2.55. The number of carbonyl (C=O) groups excluding carboxylic acids is 2. The molecule has 0 bridgehead atoms. The third-order valence-corrected chi connectivity index (χ3v) is 5.05. The Balaban J connectivity index is 1.59. The van der Waals surface area contributed by atoms with Crippen molar-refractivity contribution in [2.24, 2.45) is 7.05 Å². The molecule has 0 saturated heterocycles. The zero-order chi connectivity index (χ0) is 20.1. The van der Waals surface area contributed by atoms with Crippen LogP contribution in [0.15, 0.2) is 59.9 Å². The molecule has 0 unspecified atom stereocenters. The lowest BCUT2D eigenvalue weighted by Gasteiger charge is -2.07. The molecule has 6 nitrogen and oxygen atoms in total. The molecule has 0 saturated carbocycles. The van der Waals surface area contributed by atoms with E-state index in [4.69, 9.17) is 0 Å². The normalized spacial score (nSPS) is 10.5. The van der Waals surface area contributed by atoms with Gasteiger partial charge in [-0.25, -0.2) is 14.2 Å². The maximum atomic E-state index is 13.1. The number of amides is 1. The third kappa shape index (κ3) is 4.58. The van der Waals surface area contributed by atoms with Gasteiger partial charge in [-0.2, -0.15) is 0 Å². The van der Waals surface area contributed by atoms with E-state index in [0.717, 1.165) is 11.3 Å². The second kappa shape index (κ2) is 8.71. The predicted octanol–water partition coefficient (Wildman–Crippen LogP) is 3.74. The van der Waals surface area contributed by atoms with Crippen LogP contribution in [0.4, 0.5) is 10.1 Å². The van der Waals surface area contributed by atoms with Gasteiger partial charge in [0, 0.05) is 12.7 Å². The fourth-order valence-corrected chi connectivity index (χ4v) is 3.30. The molecule has 0 spiro atoms. The summed E-state index contributed by atoms with van der Waals surface area (Å²) in [5.74, 6) is -0.744. The zero-order valence-corrected chi connectivity index (χ0v) is 16.1. The number of carbonyl (C=O) groups is 2. The van der Waals surface area contributed by atoms with Crippen LogP contribution in [0.25, 0.3) is 11.3 Å². The summed E-state index contributed by atoms with van der Waals surface area (Å²) < 4.78 is 19.6. The number of imidazole rings is 1. The number of nitrogens with zero attached hydrogens (tertiary/aromatic N) is 2. The van der Waals surface area contributed by atoms with Crippen LogP contribution in [0.3, 0.4) is 0 Å². The maximum absolute atomic E-state index is 13.1. The summed E-state index contributed by atoms with van der Waals surface area (Å²) in [6.07, 6.45) is 1.69. The monoisotopic (exact) mass is 399 g/mol. The third-order valence-electron chi connectivity index (χ3n) is 4.01. The van der Waals surface area contributed by atoms with Gasteiger partial charge in [-0.3, -0.25) is 4.79 Å². The minimum Gasteiger partial charge on any atom is -0.465 e. The molecule has 0 fully saturated rings. The highest BCUT2D eigenvalue weighted by Gasteiger charge is 2.12. The first-order chi connectivity index (χ1) is 13.5. The van der Waals surface area contributed by atoms with Crippen LogP contribution in [0.1, 0.15) is 10.4 Å². The highest BCUT2D eigenvalue weighted by molar-refractivity contribution is 7.99. The molecule has 0 aliphatic carbocycles.